The topological polar surface area (TPSA) is 43.4 Å². The van der Waals surface area contributed by atoms with Gasteiger partial charge < -0.3 is 4.18 Å². The molecule has 0 aliphatic carbocycles. The third kappa shape index (κ3) is 5.42. The molecule has 2 aromatic rings. The summed E-state index contributed by atoms with van der Waals surface area (Å²) in [5.74, 6) is -0.201. The van der Waals surface area contributed by atoms with Crippen LogP contribution in [0.1, 0.15) is 39.5 Å². The van der Waals surface area contributed by atoms with Crippen molar-refractivity contribution in [1.29, 1.82) is 0 Å². The molecule has 8 heteroatoms. The van der Waals surface area contributed by atoms with Gasteiger partial charge in [-0.25, -0.2) is 0 Å². The second-order valence-electron chi connectivity index (χ2n) is 7.13. The van der Waals surface area contributed by atoms with Gasteiger partial charge in [0.1, 0.15) is 13.8 Å². The minimum atomic E-state index is -5.73. The Morgan fingerprint density at radius 1 is 0.862 bits per heavy atom. The van der Waals surface area contributed by atoms with E-state index >= 15 is 0 Å². The molecule has 0 bridgehead atoms. The molecule has 0 heterocycles. The van der Waals surface area contributed by atoms with Gasteiger partial charge in [0.2, 0.25) is 0 Å². The van der Waals surface area contributed by atoms with Crippen molar-refractivity contribution < 1.29 is 25.8 Å². The number of alkyl halides is 3. The highest BCUT2D eigenvalue weighted by molar-refractivity contribution is 7.88. The van der Waals surface area contributed by atoms with Crippen LogP contribution in [0.5, 0.6) is 5.75 Å². The molecule has 0 radical (unpaired) electrons. The quantitative estimate of drug-likeness (QED) is 0.292. The zero-order valence-electron chi connectivity index (χ0n) is 16.7. The standard InChI is InChI=1S/C21H27F3O3SSi/c1-3-5-16-29(17-6-4-2,18-12-8-7-9-13-18)20-15-11-10-14-19(20)27-28(25,26)21(22,23)24/h7-15H,3-6,16-17H2,1-2H3. The van der Waals surface area contributed by atoms with Gasteiger partial charge in [0.25, 0.3) is 0 Å². The van der Waals surface area contributed by atoms with Crippen LogP contribution < -0.4 is 14.6 Å². The third-order valence-corrected chi connectivity index (χ3v) is 11.4. The molecule has 0 amide bonds. The van der Waals surface area contributed by atoms with E-state index in [2.05, 4.69) is 18.0 Å². The average molecular weight is 445 g/mol. The zero-order valence-corrected chi connectivity index (χ0v) is 18.5. The first kappa shape index (κ1) is 23.5. The monoisotopic (exact) mass is 444 g/mol. The second kappa shape index (κ2) is 9.80. The van der Waals surface area contributed by atoms with E-state index in [4.69, 9.17) is 0 Å². The van der Waals surface area contributed by atoms with Gasteiger partial charge in [-0.1, -0.05) is 93.2 Å². The fraction of sp³-hybridized carbons (Fsp3) is 0.429. The molecule has 2 aromatic carbocycles. The highest BCUT2D eigenvalue weighted by Gasteiger charge is 2.49. The minimum absolute atomic E-state index is 0.201. The van der Waals surface area contributed by atoms with E-state index in [-0.39, 0.29) is 5.75 Å². The van der Waals surface area contributed by atoms with Crippen molar-refractivity contribution in [2.75, 3.05) is 0 Å². The summed E-state index contributed by atoms with van der Waals surface area (Å²) in [4.78, 5) is 0. The van der Waals surface area contributed by atoms with E-state index < -0.39 is 23.7 Å². The van der Waals surface area contributed by atoms with Crippen molar-refractivity contribution in [2.45, 2.75) is 57.1 Å². The van der Waals surface area contributed by atoms with Gasteiger partial charge in [-0.2, -0.15) is 21.6 Å². The van der Waals surface area contributed by atoms with E-state index in [0.29, 0.717) is 5.19 Å². The summed E-state index contributed by atoms with van der Waals surface area (Å²) in [6.07, 6.45) is 3.70. The van der Waals surface area contributed by atoms with E-state index in [1.807, 2.05) is 30.3 Å². The smallest absolute Gasteiger partial charge is 0.376 e. The summed E-state index contributed by atoms with van der Waals surface area (Å²) in [5, 5.41) is 1.70. The van der Waals surface area contributed by atoms with Gasteiger partial charge in [-0.05, 0) is 23.3 Å². The van der Waals surface area contributed by atoms with Gasteiger partial charge in [-0.3, -0.25) is 0 Å². The summed E-state index contributed by atoms with van der Waals surface area (Å²) in [6, 6.07) is 17.7. The van der Waals surface area contributed by atoms with Crippen molar-refractivity contribution in [3.63, 3.8) is 0 Å². The largest absolute Gasteiger partial charge is 0.534 e. The molecule has 0 N–H and O–H groups in total. The predicted octanol–water partition coefficient (Wildman–Crippen LogP) is 5.08. The first-order valence-electron chi connectivity index (χ1n) is 9.83. The van der Waals surface area contributed by atoms with E-state index in [1.165, 1.54) is 12.1 Å². The lowest BCUT2D eigenvalue weighted by molar-refractivity contribution is -0.0499. The molecule has 0 unspecified atom stereocenters. The van der Waals surface area contributed by atoms with Crippen LogP contribution in [0.2, 0.25) is 12.1 Å². The number of unbranched alkanes of at least 4 members (excludes halogenated alkanes) is 2. The lowest BCUT2D eigenvalue weighted by Gasteiger charge is -2.34. The summed E-state index contributed by atoms with van der Waals surface area (Å²) in [6.45, 7) is 4.14. The van der Waals surface area contributed by atoms with Crippen LogP contribution in [0, 0.1) is 0 Å². The third-order valence-electron chi connectivity index (χ3n) is 5.13. The molecule has 0 spiro atoms. The molecule has 0 aliphatic heterocycles. The van der Waals surface area contributed by atoms with Crippen molar-refractivity contribution in [3.05, 3.63) is 54.6 Å². The Hall–Kier alpha value is -1.80. The van der Waals surface area contributed by atoms with Crippen LogP contribution in [0.4, 0.5) is 13.2 Å². The molecular formula is C21H27F3O3SSi. The molecule has 0 fully saturated rings. The summed E-state index contributed by atoms with van der Waals surface area (Å²) in [5.41, 5.74) is -5.47. The van der Waals surface area contributed by atoms with Gasteiger partial charge in [0, 0.05) is 0 Å². The van der Waals surface area contributed by atoms with E-state index in [9.17, 15) is 21.6 Å². The van der Waals surface area contributed by atoms with Gasteiger partial charge in [-0.15, -0.1) is 0 Å². The normalized spacial score (nSPS) is 12.7. The Kier molecular flexibility index (Phi) is 7.93. The number of hydrogen-bond acceptors (Lipinski definition) is 3. The molecule has 0 saturated heterocycles. The highest BCUT2D eigenvalue weighted by Crippen LogP contribution is 2.30. The molecule has 0 aliphatic rings. The number of para-hydroxylation sites is 1. The summed E-state index contributed by atoms with van der Waals surface area (Å²) < 4.78 is 67.1. The summed E-state index contributed by atoms with van der Waals surface area (Å²) >= 11 is 0. The molecule has 29 heavy (non-hydrogen) atoms. The first-order valence-corrected chi connectivity index (χ1v) is 13.7. The van der Waals surface area contributed by atoms with E-state index in [0.717, 1.165) is 43.0 Å². The molecule has 3 nitrogen and oxygen atoms in total. The average Bonchev–Trinajstić information content (AvgIpc) is 2.69. The lowest BCUT2D eigenvalue weighted by Crippen LogP contribution is -2.58. The van der Waals surface area contributed by atoms with E-state index in [1.54, 1.807) is 12.1 Å². The highest BCUT2D eigenvalue weighted by atomic mass is 32.2. The number of benzene rings is 2. The maximum atomic E-state index is 13.0. The van der Waals surface area contributed by atoms with Crippen molar-refractivity contribution in [3.8, 4) is 5.75 Å². The van der Waals surface area contributed by atoms with Crippen LogP contribution in [0.3, 0.4) is 0 Å². The van der Waals surface area contributed by atoms with Gasteiger partial charge in [0.05, 0.1) is 0 Å². The predicted molar refractivity (Wildman–Crippen MR) is 113 cm³/mol. The Morgan fingerprint density at radius 3 is 1.90 bits per heavy atom. The number of hydrogen-bond donors (Lipinski definition) is 0. The fourth-order valence-electron chi connectivity index (χ4n) is 3.65. The number of halogens is 3. The second-order valence-corrected chi connectivity index (χ2v) is 13.0. The molecule has 160 valence electrons. The summed E-state index contributed by atoms with van der Waals surface area (Å²) in [7, 11) is -8.28. The first-order chi connectivity index (χ1) is 13.7. The Morgan fingerprint density at radius 2 is 1.38 bits per heavy atom. The maximum Gasteiger partial charge on any atom is 0.534 e. The van der Waals surface area contributed by atoms with Gasteiger partial charge >= 0.3 is 15.6 Å². The zero-order chi connectivity index (χ0) is 21.5. The molecular weight excluding hydrogens is 417 g/mol. The van der Waals surface area contributed by atoms with Crippen LogP contribution in [0.15, 0.2) is 54.6 Å². The SMILES string of the molecule is CCCC[Si](CCCC)(c1ccccc1)c1ccccc1OS(=O)(=O)C(F)(F)F. The fourth-order valence-corrected chi connectivity index (χ4v) is 9.65. The van der Waals surface area contributed by atoms with Crippen molar-refractivity contribution in [1.82, 2.24) is 0 Å². The molecule has 0 aromatic heterocycles. The van der Waals surface area contributed by atoms with Crippen LogP contribution in [-0.4, -0.2) is 22.0 Å². The molecule has 2 rings (SSSR count). The maximum absolute atomic E-state index is 13.0. The van der Waals surface area contributed by atoms with Crippen LogP contribution >= 0.6 is 0 Å². The Bertz CT molecular complexity index is 876. The minimum Gasteiger partial charge on any atom is -0.376 e. The van der Waals surface area contributed by atoms with Crippen molar-refractivity contribution >= 4 is 28.6 Å². The molecule has 0 saturated carbocycles. The number of rotatable bonds is 10. The van der Waals surface area contributed by atoms with Crippen molar-refractivity contribution in [2.24, 2.45) is 0 Å². The Labute approximate surface area is 172 Å². The van der Waals surface area contributed by atoms with Gasteiger partial charge in [0.15, 0.2) is 0 Å². The van der Waals surface area contributed by atoms with Crippen LogP contribution in [0.25, 0.3) is 0 Å². The Balaban J connectivity index is 2.68. The lowest BCUT2D eigenvalue weighted by atomic mass is 10.3. The molecule has 0 atom stereocenters. The van der Waals surface area contributed by atoms with Crippen LogP contribution in [-0.2, 0) is 10.1 Å².